The molecule has 270 valence electrons. The van der Waals surface area contributed by atoms with Gasteiger partial charge in [0.15, 0.2) is 0 Å². The second kappa shape index (κ2) is 25.3. The molecule has 0 atom stereocenters. The minimum Gasteiger partial charge on any atom is -0.465 e. The van der Waals surface area contributed by atoms with Crippen LogP contribution < -0.4 is 17.1 Å². The lowest BCUT2D eigenvalue weighted by atomic mass is 10.6. The Balaban J connectivity index is 2.95. The van der Waals surface area contributed by atoms with Crippen LogP contribution in [0, 0.1) is 0 Å². The summed E-state index contributed by atoms with van der Waals surface area (Å²) in [4.78, 5) is 104. The standard InChI is InChI=1S/C24H33N3O15S6/c1-4-37-16(28)13-43-46-22(34)40-10-7-25-19(31)26(8-11-41-23(35)47-44-14-17(29)38-5-2)21(33)27(20(25)32)9-12-42-24(36)48-45-15-18(30)39-6-3/h4-15H2,1-3H3/p+3. The van der Waals surface area contributed by atoms with Gasteiger partial charge in [-0.1, -0.05) is 32.4 Å². The number of carbonyl (C=O) groups excluding carboxylic acids is 6. The molecule has 0 unspecified atom stereocenters. The molecule has 0 amide bonds. The predicted molar refractivity (Wildman–Crippen MR) is 188 cm³/mol. The number of ether oxygens (including phenoxy) is 6. The first-order valence-electron chi connectivity index (χ1n) is 13.8. The van der Waals surface area contributed by atoms with Gasteiger partial charge in [-0.05, 0) is 20.8 Å². The van der Waals surface area contributed by atoms with Crippen LogP contribution in [0.3, 0.4) is 0 Å². The van der Waals surface area contributed by atoms with Gasteiger partial charge < -0.3 is 42.8 Å². The van der Waals surface area contributed by atoms with Gasteiger partial charge in [-0.3, -0.25) is 14.4 Å². The molecular formula is C24H36N3O15S6+3. The zero-order chi connectivity index (χ0) is 35.9. The molecule has 3 N–H and O–H groups in total. The van der Waals surface area contributed by atoms with E-state index in [1.165, 1.54) is 0 Å². The molecule has 0 saturated heterocycles. The lowest BCUT2D eigenvalue weighted by molar-refractivity contribution is -0.140. The predicted octanol–water partition coefficient (Wildman–Crippen LogP) is 0.435. The van der Waals surface area contributed by atoms with Crippen molar-refractivity contribution >= 4 is 98.6 Å². The van der Waals surface area contributed by atoms with Crippen LogP contribution in [0.25, 0.3) is 0 Å². The van der Waals surface area contributed by atoms with E-state index in [1.807, 2.05) is 0 Å². The molecule has 0 saturated carbocycles. The Labute approximate surface area is 296 Å². The number of aromatic nitrogens is 3. The second-order valence-corrected chi connectivity index (χ2v) is 14.8. The van der Waals surface area contributed by atoms with E-state index >= 15 is 0 Å². The zero-order valence-electron chi connectivity index (χ0n) is 26.0. The minimum atomic E-state index is -1.04. The first-order chi connectivity index (χ1) is 22.9. The first-order valence-corrected chi connectivity index (χ1v) is 20.8. The van der Waals surface area contributed by atoms with Crippen LogP contribution in [-0.4, -0.2) is 119 Å². The highest BCUT2D eigenvalue weighted by atomic mass is 33.1. The third-order valence-electron chi connectivity index (χ3n) is 4.84. The van der Waals surface area contributed by atoms with Crippen molar-refractivity contribution in [3.8, 4) is 0 Å². The molecule has 0 aliphatic carbocycles. The molecule has 0 spiro atoms. The third-order valence-corrected chi connectivity index (χ3v) is 10.4. The molecular weight excluding hydrogens is 763 g/mol. The van der Waals surface area contributed by atoms with E-state index in [1.54, 1.807) is 20.8 Å². The molecule has 1 heterocycles. The summed E-state index contributed by atoms with van der Waals surface area (Å²) in [6.07, 6.45) is 0. The van der Waals surface area contributed by atoms with Gasteiger partial charge in [0, 0.05) is 0 Å². The van der Waals surface area contributed by atoms with Crippen LogP contribution in [-0.2, 0) is 62.4 Å². The van der Waals surface area contributed by atoms with Crippen LogP contribution in [0.4, 0.5) is 0 Å². The molecule has 1 aromatic heterocycles. The Morgan fingerprint density at radius 3 is 0.979 bits per heavy atom. The van der Waals surface area contributed by atoms with Crippen LogP contribution in [0.1, 0.15) is 20.8 Å². The number of rotatable bonds is 21. The normalized spacial score (nSPS) is 10.6. The summed E-state index contributed by atoms with van der Waals surface area (Å²) >= 11 is 0. The van der Waals surface area contributed by atoms with Gasteiger partial charge >= 0.3 is 50.9 Å². The van der Waals surface area contributed by atoms with Crippen LogP contribution in [0.2, 0.25) is 0 Å². The van der Waals surface area contributed by atoms with Crippen molar-refractivity contribution in [2.75, 3.05) is 56.9 Å². The molecule has 0 bridgehead atoms. The van der Waals surface area contributed by atoms with Crippen molar-refractivity contribution in [3.63, 3.8) is 0 Å². The SMILES string of the molecule is CCOC(=O)CSSC(=[OH+])OCCn1c(=O)n(CCOC(=[OH+])SSCC(=O)OCC)c(=O)n(CCOC(=[OH+])SSCC(=O)OCC)c1=O. The van der Waals surface area contributed by atoms with Crippen LogP contribution in [0.15, 0.2) is 14.4 Å². The molecule has 18 nitrogen and oxygen atoms in total. The second-order valence-electron chi connectivity index (χ2n) is 8.10. The van der Waals surface area contributed by atoms with E-state index in [-0.39, 0.29) is 56.9 Å². The van der Waals surface area contributed by atoms with E-state index in [0.717, 1.165) is 64.8 Å². The summed E-state index contributed by atoms with van der Waals surface area (Å²) in [6, 6.07) is 0. The lowest BCUT2D eigenvalue weighted by Crippen LogP contribution is -2.55. The van der Waals surface area contributed by atoms with Crippen molar-refractivity contribution < 1.29 is 57.2 Å². The highest BCUT2D eigenvalue weighted by molar-refractivity contribution is 8.82. The van der Waals surface area contributed by atoms with E-state index in [2.05, 4.69) is 0 Å². The smallest absolute Gasteiger partial charge is 0.465 e. The minimum absolute atomic E-state index is 0.0731. The van der Waals surface area contributed by atoms with Crippen LogP contribution in [0.5, 0.6) is 0 Å². The van der Waals surface area contributed by atoms with Gasteiger partial charge in [0.05, 0.1) is 71.8 Å². The molecule has 1 aromatic rings. The summed E-state index contributed by atoms with van der Waals surface area (Å²) in [7, 11) is 4.98. The highest BCUT2D eigenvalue weighted by Gasteiger charge is 2.23. The van der Waals surface area contributed by atoms with Gasteiger partial charge in [-0.15, -0.1) is 0 Å². The third kappa shape index (κ3) is 17.6. The molecule has 0 fully saturated rings. The lowest BCUT2D eigenvalue weighted by Gasteiger charge is -2.11. The van der Waals surface area contributed by atoms with Crippen molar-refractivity contribution in [2.24, 2.45) is 0 Å². The van der Waals surface area contributed by atoms with Gasteiger partial charge in [0.2, 0.25) is 19.8 Å². The van der Waals surface area contributed by atoms with Crippen molar-refractivity contribution in [3.05, 3.63) is 31.5 Å². The Bertz CT molecular complexity index is 1230. The highest BCUT2D eigenvalue weighted by Crippen LogP contribution is 2.23. The van der Waals surface area contributed by atoms with Crippen molar-refractivity contribution in [2.45, 2.75) is 40.4 Å². The topological polar surface area (TPSA) is 237 Å². The maximum Gasteiger partial charge on any atom is 0.561 e. The largest absolute Gasteiger partial charge is 0.561 e. The molecule has 0 aliphatic rings. The fraction of sp³-hybridized carbons (Fsp3) is 0.625. The van der Waals surface area contributed by atoms with E-state index in [9.17, 15) is 43.2 Å². The summed E-state index contributed by atoms with van der Waals surface area (Å²) in [6.45, 7) is 3.15. The van der Waals surface area contributed by atoms with Crippen molar-refractivity contribution in [1.82, 2.24) is 13.7 Å². The van der Waals surface area contributed by atoms with E-state index in [0.29, 0.717) is 13.7 Å². The van der Waals surface area contributed by atoms with E-state index in [4.69, 9.17) is 28.4 Å². The maximum absolute atomic E-state index is 13.2. The first kappa shape index (κ1) is 43.4. The number of carbonyl (C=O) groups is 3. The quantitative estimate of drug-likeness (QED) is 0.0709. The molecule has 1 rings (SSSR count). The van der Waals surface area contributed by atoms with Crippen LogP contribution >= 0.6 is 64.8 Å². The van der Waals surface area contributed by atoms with Crippen molar-refractivity contribution in [1.29, 1.82) is 0 Å². The Morgan fingerprint density at radius 2 is 0.750 bits per heavy atom. The van der Waals surface area contributed by atoms with E-state index < -0.39 is 70.5 Å². The molecule has 0 aliphatic heterocycles. The molecule has 48 heavy (non-hydrogen) atoms. The molecule has 24 heteroatoms. The summed E-state index contributed by atoms with van der Waals surface area (Å²) in [5.41, 5.74) is -3.12. The number of esters is 3. The summed E-state index contributed by atoms with van der Waals surface area (Å²) in [5.74, 6) is -1.71. The van der Waals surface area contributed by atoms with Gasteiger partial charge in [-0.25, -0.2) is 28.1 Å². The van der Waals surface area contributed by atoms with Gasteiger partial charge in [0.25, 0.3) is 0 Å². The number of hydrogen-bond donors (Lipinski definition) is 0. The Hall–Kier alpha value is -2.67. The zero-order valence-corrected chi connectivity index (χ0v) is 30.9. The Morgan fingerprint density at radius 1 is 0.500 bits per heavy atom. The molecule has 0 radical (unpaired) electrons. The fourth-order valence-corrected chi connectivity index (χ4v) is 7.14. The fourth-order valence-electron chi connectivity index (χ4n) is 2.99. The Kier molecular flexibility index (Phi) is 22.9. The maximum atomic E-state index is 13.2. The summed E-state index contributed by atoms with van der Waals surface area (Å²) in [5, 5.41) is -1.66. The average Bonchev–Trinajstić information content (AvgIpc) is 3.02. The summed E-state index contributed by atoms with van der Waals surface area (Å²) < 4.78 is 31.8. The average molecular weight is 799 g/mol. The number of nitrogens with zero attached hydrogens (tertiary/aromatic N) is 3. The van der Waals surface area contributed by atoms with Gasteiger partial charge in [0.1, 0.15) is 17.3 Å². The van der Waals surface area contributed by atoms with Gasteiger partial charge in [-0.2, -0.15) is 0 Å². The monoisotopic (exact) mass is 798 g/mol. The molecule has 0 aromatic carbocycles. The number of hydrogen-bond acceptors (Lipinski definition) is 18.